The summed E-state index contributed by atoms with van der Waals surface area (Å²) < 4.78 is 39.1. The van der Waals surface area contributed by atoms with Crippen LogP contribution in [0.25, 0.3) is 0 Å². The van der Waals surface area contributed by atoms with Gasteiger partial charge in [0.05, 0.1) is 0 Å². The van der Waals surface area contributed by atoms with Crippen molar-refractivity contribution in [1.82, 2.24) is 20.4 Å². The molecule has 0 radical (unpaired) electrons. The van der Waals surface area contributed by atoms with Gasteiger partial charge in [-0.05, 0) is 151 Å². The monoisotopic (exact) mass is 973 g/mol. The third-order valence-corrected chi connectivity index (χ3v) is 18.3. The molecule has 16 heteroatoms. The smallest absolute Gasteiger partial charge is 0.251 e. The first-order chi connectivity index (χ1) is 33.8. The normalized spacial score (nSPS) is 42.1. The number of fused-ring (bicyclic) bond motifs is 4. The summed E-state index contributed by atoms with van der Waals surface area (Å²) in [4.78, 5) is 55.5. The van der Waals surface area contributed by atoms with Crippen molar-refractivity contribution < 1.29 is 57.6 Å². The van der Waals surface area contributed by atoms with E-state index >= 15 is 0 Å². The number of piperazine rings is 1. The van der Waals surface area contributed by atoms with Crippen molar-refractivity contribution in [3.8, 4) is 11.5 Å². The van der Waals surface area contributed by atoms with Gasteiger partial charge in [0, 0.05) is 86.9 Å². The quantitative estimate of drug-likeness (QED) is 0.142. The fraction of sp³-hybridized carbons (Fsp3) is 0.741. The van der Waals surface area contributed by atoms with Gasteiger partial charge in [-0.3, -0.25) is 9.59 Å². The van der Waals surface area contributed by atoms with Crippen molar-refractivity contribution in [3.63, 3.8) is 0 Å². The molecule has 9 heterocycles. The number of ether oxygens (including phenoxy) is 6. The minimum atomic E-state index is -0.835. The first kappa shape index (κ1) is 48.8. The number of benzene rings is 2. The molecule has 0 aromatic heterocycles. The molecular weight excluding hydrogens is 897 g/mol. The molecule has 70 heavy (non-hydrogen) atoms. The van der Waals surface area contributed by atoms with E-state index in [0.717, 1.165) is 103 Å². The Balaban J connectivity index is 0.566. The highest BCUT2D eigenvalue weighted by molar-refractivity contribution is 5.94. The van der Waals surface area contributed by atoms with Crippen LogP contribution in [0.2, 0.25) is 0 Å². The van der Waals surface area contributed by atoms with E-state index in [-0.39, 0.29) is 35.5 Å². The van der Waals surface area contributed by atoms with Crippen LogP contribution in [0.3, 0.4) is 0 Å². The zero-order valence-corrected chi connectivity index (χ0v) is 42.1. The Labute approximate surface area is 413 Å². The second kappa shape index (κ2) is 19.5. The molecule has 2 spiro atoms. The van der Waals surface area contributed by atoms with E-state index in [9.17, 15) is 9.59 Å². The maximum absolute atomic E-state index is 13.1. The first-order valence-corrected chi connectivity index (χ1v) is 26.7. The molecule has 9 aliphatic heterocycles. The first-order valence-electron chi connectivity index (χ1n) is 26.7. The fourth-order valence-corrected chi connectivity index (χ4v) is 14.1. The Morgan fingerprint density at radius 3 is 1.36 bits per heavy atom. The third-order valence-electron chi connectivity index (χ3n) is 18.3. The van der Waals surface area contributed by atoms with Gasteiger partial charge in [0.15, 0.2) is 23.8 Å². The predicted octanol–water partition coefficient (Wildman–Crippen LogP) is 7.42. The predicted molar refractivity (Wildman–Crippen MR) is 255 cm³/mol. The van der Waals surface area contributed by atoms with E-state index in [0.29, 0.717) is 59.4 Å². The highest BCUT2D eigenvalue weighted by Gasteiger charge is 2.71. The number of hydrogen-bond acceptors (Lipinski definition) is 14. The van der Waals surface area contributed by atoms with E-state index in [1.54, 1.807) is 0 Å². The molecule has 11 aliphatic rings. The van der Waals surface area contributed by atoms with Crippen molar-refractivity contribution in [1.29, 1.82) is 0 Å². The second-order valence-corrected chi connectivity index (χ2v) is 22.7. The van der Waals surface area contributed by atoms with Crippen molar-refractivity contribution in [2.24, 2.45) is 47.3 Å². The van der Waals surface area contributed by atoms with Gasteiger partial charge in [0.2, 0.25) is 24.2 Å². The van der Waals surface area contributed by atoms with E-state index in [1.807, 2.05) is 62.4 Å². The summed E-state index contributed by atoms with van der Waals surface area (Å²) in [6.45, 7) is 19.8. The van der Waals surface area contributed by atoms with Crippen molar-refractivity contribution in [2.45, 2.75) is 154 Å². The average molecular weight is 973 g/mol. The maximum Gasteiger partial charge on any atom is 0.251 e. The summed E-state index contributed by atoms with van der Waals surface area (Å²) >= 11 is 0. The van der Waals surface area contributed by atoms with Crippen molar-refractivity contribution in [3.05, 3.63) is 59.7 Å². The van der Waals surface area contributed by atoms with Crippen molar-refractivity contribution in [2.75, 3.05) is 52.4 Å². The molecule has 11 fully saturated rings. The number of carbonyl (C=O) groups excluding carboxylic acids is 2. The Morgan fingerprint density at radius 1 is 0.557 bits per heavy atom. The third kappa shape index (κ3) is 8.97. The number of carbonyl (C=O) groups is 2. The number of nitrogens with zero attached hydrogens (tertiary/aromatic N) is 2. The van der Waals surface area contributed by atoms with Gasteiger partial charge in [-0.1, -0.05) is 27.7 Å². The van der Waals surface area contributed by atoms with Gasteiger partial charge in [0.25, 0.3) is 11.8 Å². The van der Waals surface area contributed by atoms with Gasteiger partial charge >= 0.3 is 0 Å². The molecule has 2 aliphatic carbocycles. The average Bonchev–Trinajstić information content (AvgIpc) is 3.74. The van der Waals surface area contributed by atoms with Gasteiger partial charge in [-0.15, -0.1) is 0 Å². The molecule has 2 saturated carbocycles. The molecule has 16 atom stereocenters. The van der Waals surface area contributed by atoms with Crippen LogP contribution < -0.4 is 20.1 Å². The molecule has 2 aromatic carbocycles. The van der Waals surface area contributed by atoms with Crippen LogP contribution >= 0.6 is 0 Å². The number of nitrogens with one attached hydrogen (secondary N) is 2. The van der Waals surface area contributed by atoms with Crippen LogP contribution in [-0.4, -0.2) is 122 Å². The molecule has 9 saturated heterocycles. The summed E-state index contributed by atoms with van der Waals surface area (Å²) in [6.07, 6.45) is 7.35. The van der Waals surface area contributed by atoms with Gasteiger partial charge < -0.3 is 48.9 Å². The summed E-state index contributed by atoms with van der Waals surface area (Å²) in [7, 11) is 0. The number of hydrogen-bond donors (Lipinski definition) is 2. The minimum Gasteiger partial charge on any atom is -0.465 e. The van der Waals surface area contributed by atoms with E-state index in [4.69, 9.17) is 48.0 Å². The standard InChI is InChI=1S/C54H76N4O12/c1-33-9-19-43-35(3)47(63-49-53(43)41(33)21-23-51(5,65-49)67-69-53)61-39-15-11-37(12-16-39)45(59)55-25-7-27-57-29-31-58(32-30-57)28-8-26-56-46(60)38-13-17-40(18-14-38)62-48-36(4)44-20-10-34(2)42-22-24-52(6)66-50(64-48)54(42,44)70-68-52/h11-18,33-36,41-44,47-50H,7-10,19-32H2,1-6H3,(H,55,59)(H,56,60)/t33-,34-,35-,36-,41?,42?,43?,44?,47+,48+,49?,50?,51-,52-,53-,54-/m1/s1. The molecule has 2 aromatic rings. The Kier molecular flexibility index (Phi) is 13.6. The van der Waals surface area contributed by atoms with Crippen LogP contribution in [-0.2, 0) is 38.5 Å². The van der Waals surface area contributed by atoms with Crippen LogP contribution in [0.1, 0.15) is 126 Å². The lowest BCUT2D eigenvalue weighted by Crippen LogP contribution is -2.70. The maximum atomic E-state index is 13.1. The molecule has 6 unspecified atom stereocenters. The topological polar surface area (TPSA) is 157 Å². The van der Waals surface area contributed by atoms with Crippen LogP contribution in [0.4, 0.5) is 0 Å². The summed E-state index contributed by atoms with van der Waals surface area (Å²) in [6, 6.07) is 14.6. The highest BCUT2D eigenvalue weighted by Crippen LogP contribution is 2.62. The van der Waals surface area contributed by atoms with Gasteiger partial charge in [0.1, 0.15) is 11.5 Å². The van der Waals surface area contributed by atoms with Crippen molar-refractivity contribution >= 4 is 11.8 Å². The van der Waals surface area contributed by atoms with Crippen LogP contribution in [0.5, 0.6) is 11.5 Å². The molecule has 384 valence electrons. The van der Waals surface area contributed by atoms with E-state index < -0.39 is 47.9 Å². The minimum absolute atomic E-state index is 0.0558. The zero-order valence-electron chi connectivity index (χ0n) is 42.1. The Bertz CT molecular complexity index is 2030. The molecular formula is C54H76N4O12. The summed E-state index contributed by atoms with van der Waals surface area (Å²) in [5.74, 6) is 1.50. The lowest BCUT2D eigenvalue weighted by molar-refractivity contribution is -0.575. The Hall–Kier alpha value is -3.42. The molecule has 4 bridgehead atoms. The second-order valence-electron chi connectivity index (χ2n) is 22.7. The highest BCUT2D eigenvalue weighted by atomic mass is 17.3. The lowest BCUT2D eigenvalue weighted by Gasteiger charge is -2.60. The largest absolute Gasteiger partial charge is 0.465 e. The van der Waals surface area contributed by atoms with E-state index in [2.05, 4.69) is 48.1 Å². The van der Waals surface area contributed by atoms with Gasteiger partial charge in [-0.2, -0.15) is 0 Å². The molecule has 2 N–H and O–H groups in total. The summed E-state index contributed by atoms with van der Waals surface area (Å²) in [5, 5.41) is 6.19. The SMILES string of the molecule is C[C@@H]1CCC2[C@@H](C)[C@@H](Oc3ccc(C(=O)NCCCN4CCN(CCCNC(=O)c5ccc(O[C@H]6OC7O[C@@]8(C)CCC9[C@H](C)CCC([C@H]6C)[C@@]79OO8)cc5)CC4)cc3)OC3O[C@@]4(C)CCC1[C@]32OO4. The summed E-state index contributed by atoms with van der Waals surface area (Å²) in [5.41, 5.74) is -0.0755. The zero-order chi connectivity index (χ0) is 48.4. The lowest BCUT2D eigenvalue weighted by atomic mass is 9.58. The van der Waals surface area contributed by atoms with Gasteiger partial charge in [-0.25, -0.2) is 19.6 Å². The molecule has 2 amide bonds. The molecule has 16 nitrogen and oxygen atoms in total. The van der Waals surface area contributed by atoms with E-state index in [1.165, 1.54) is 0 Å². The number of rotatable bonds is 14. The Morgan fingerprint density at radius 2 is 0.957 bits per heavy atom. The van der Waals surface area contributed by atoms with Crippen LogP contribution in [0, 0.1) is 47.3 Å². The fourth-order valence-electron chi connectivity index (χ4n) is 14.1. The molecule has 13 rings (SSSR count). The van der Waals surface area contributed by atoms with Crippen LogP contribution in [0.15, 0.2) is 48.5 Å². The number of amides is 2.